The third kappa shape index (κ3) is 5.95. The number of primary amides is 1. The van der Waals surface area contributed by atoms with Crippen molar-refractivity contribution >= 4 is 11.8 Å². The van der Waals surface area contributed by atoms with Crippen LogP contribution >= 0.6 is 0 Å². The number of aliphatic hydroxyl groups excluding tert-OH is 1. The van der Waals surface area contributed by atoms with Crippen LogP contribution in [-0.4, -0.2) is 29.1 Å². The molecule has 0 radical (unpaired) electrons. The van der Waals surface area contributed by atoms with Crippen molar-refractivity contribution in [3.8, 4) is 0 Å². The van der Waals surface area contributed by atoms with Gasteiger partial charge in [0.25, 0.3) is 0 Å². The van der Waals surface area contributed by atoms with Crippen molar-refractivity contribution in [3.63, 3.8) is 0 Å². The van der Waals surface area contributed by atoms with E-state index in [1.807, 2.05) is 45.0 Å². The molecule has 0 heterocycles. The van der Waals surface area contributed by atoms with Gasteiger partial charge in [-0.15, -0.1) is 0 Å². The van der Waals surface area contributed by atoms with Crippen LogP contribution < -0.4 is 11.1 Å². The molecular formula is C16H24N2O3. The van der Waals surface area contributed by atoms with Crippen molar-refractivity contribution in [1.82, 2.24) is 5.32 Å². The average molecular weight is 292 g/mol. The van der Waals surface area contributed by atoms with Gasteiger partial charge in [-0.2, -0.15) is 0 Å². The Bertz CT molecular complexity index is 500. The molecule has 0 fully saturated rings. The highest BCUT2D eigenvalue weighted by Gasteiger charge is 2.23. The molecule has 0 unspecified atom stereocenters. The first-order valence-electron chi connectivity index (χ1n) is 7.13. The summed E-state index contributed by atoms with van der Waals surface area (Å²) in [5.74, 6) is -0.976. The molecule has 5 heteroatoms. The van der Waals surface area contributed by atoms with Crippen LogP contribution in [-0.2, 0) is 16.0 Å². The van der Waals surface area contributed by atoms with E-state index in [1.165, 1.54) is 0 Å². The lowest BCUT2D eigenvalue weighted by Crippen LogP contribution is -2.49. The number of hydrogen-bond donors (Lipinski definition) is 3. The van der Waals surface area contributed by atoms with E-state index in [0.29, 0.717) is 12.8 Å². The first-order valence-corrected chi connectivity index (χ1v) is 7.13. The molecule has 5 nitrogen and oxygen atoms in total. The monoisotopic (exact) mass is 292 g/mol. The van der Waals surface area contributed by atoms with E-state index >= 15 is 0 Å². The van der Waals surface area contributed by atoms with Gasteiger partial charge in [-0.3, -0.25) is 9.59 Å². The Kier molecular flexibility index (Phi) is 6.37. The number of aryl methyl sites for hydroxylation is 1. The fourth-order valence-corrected chi connectivity index (χ4v) is 2.12. The van der Waals surface area contributed by atoms with Gasteiger partial charge in [0.2, 0.25) is 11.8 Å². The molecule has 0 aromatic heterocycles. The molecule has 1 aromatic rings. The maximum absolute atomic E-state index is 11.9. The summed E-state index contributed by atoms with van der Waals surface area (Å²) in [6, 6.07) is 6.83. The lowest BCUT2D eigenvalue weighted by Gasteiger charge is -2.19. The van der Waals surface area contributed by atoms with E-state index in [2.05, 4.69) is 5.32 Å². The van der Waals surface area contributed by atoms with Crippen LogP contribution in [0.1, 0.15) is 31.4 Å². The molecule has 1 aromatic carbocycles. The molecule has 1 rings (SSSR count). The Morgan fingerprint density at radius 2 is 2.00 bits per heavy atom. The predicted octanol–water partition coefficient (Wildman–Crippen LogP) is 0.915. The summed E-state index contributed by atoms with van der Waals surface area (Å²) in [4.78, 5) is 23.4. The summed E-state index contributed by atoms with van der Waals surface area (Å²) in [6.45, 7) is 5.78. The van der Waals surface area contributed by atoms with Gasteiger partial charge in [-0.25, -0.2) is 0 Å². The van der Waals surface area contributed by atoms with Gasteiger partial charge in [0.1, 0.15) is 12.1 Å². The lowest BCUT2D eigenvalue weighted by atomic mass is 10.0. The summed E-state index contributed by atoms with van der Waals surface area (Å²) < 4.78 is 0. The van der Waals surface area contributed by atoms with Crippen LogP contribution in [0.5, 0.6) is 0 Å². The molecule has 21 heavy (non-hydrogen) atoms. The largest absolute Gasteiger partial charge is 0.383 e. The predicted molar refractivity (Wildman–Crippen MR) is 81.5 cm³/mol. The molecule has 0 saturated carbocycles. The Hall–Kier alpha value is -1.88. The molecular weight excluding hydrogens is 268 g/mol. The van der Waals surface area contributed by atoms with Gasteiger partial charge in [0.05, 0.1) is 0 Å². The zero-order chi connectivity index (χ0) is 16.0. The second-order valence-electron chi connectivity index (χ2n) is 5.80. The molecule has 0 bridgehead atoms. The molecule has 0 aliphatic carbocycles. The van der Waals surface area contributed by atoms with Crippen LogP contribution in [0.25, 0.3) is 0 Å². The topological polar surface area (TPSA) is 92.4 Å². The Labute approximate surface area is 125 Å². The quantitative estimate of drug-likeness (QED) is 0.697. The number of carbonyl (C=O) groups is 2. The first kappa shape index (κ1) is 17.2. The maximum Gasteiger partial charge on any atom is 0.249 e. The van der Waals surface area contributed by atoms with Crippen molar-refractivity contribution in [2.24, 2.45) is 11.7 Å². The second-order valence-corrected chi connectivity index (χ2v) is 5.80. The number of nitrogens with one attached hydrogen (secondary N) is 1. The third-order valence-corrected chi connectivity index (χ3v) is 3.18. The summed E-state index contributed by atoms with van der Waals surface area (Å²) in [6.07, 6.45) is -0.455. The van der Waals surface area contributed by atoms with E-state index < -0.39 is 24.0 Å². The lowest BCUT2D eigenvalue weighted by molar-refractivity contribution is -0.133. The Balaban J connectivity index is 2.70. The van der Waals surface area contributed by atoms with E-state index in [-0.39, 0.29) is 5.92 Å². The number of amides is 2. The van der Waals surface area contributed by atoms with Gasteiger partial charge >= 0.3 is 0 Å². The van der Waals surface area contributed by atoms with Crippen molar-refractivity contribution in [1.29, 1.82) is 0 Å². The third-order valence-electron chi connectivity index (χ3n) is 3.18. The van der Waals surface area contributed by atoms with Crippen molar-refractivity contribution in [2.45, 2.75) is 45.8 Å². The van der Waals surface area contributed by atoms with Crippen LogP contribution in [0.3, 0.4) is 0 Å². The molecule has 0 aliphatic rings. The molecule has 116 valence electrons. The summed E-state index contributed by atoms with van der Waals surface area (Å²) >= 11 is 0. The Morgan fingerprint density at radius 1 is 1.33 bits per heavy atom. The highest BCUT2D eigenvalue weighted by Crippen LogP contribution is 2.08. The average Bonchev–Trinajstić information content (AvgIpc) is 2.36. The minimum atomic E-state index is -1.12. The molecule has 0 saturated heterocycles. The number of nitrogens with two attached hydrogens (primary N) is 1. The molecule has 2 amide bonds. The fraction of sp³-hybridized carbons (Fsp3) is 0.500. The molecule has 0 spiro atoms. The van der Waals surface area contributed by atoms with Gasteiger partial charge in [0.15, 0.2) is 0 Å². The van der Waals surface area contributed by atoms with E-state index in [4.69, 9.17) is 5.73 Å². The SMILES string of the molecule is Cc1cccc(C[C@@H](NC(=O)[C@@H](O)CC(C)C)C(N)=O)c1. The molecule has 2 atom stereocenters. The highest BCUT2D eigenvalue weighted by atomic mass is 16.3. The van der Waals surface area contributed by atoms with Gasteiger partial charge in [-0.1, -0.05) is 43.7 Å². The minimum Gasteiger partial charge on any atom is -0.383 e. The maximum atomic E-state index is 11.9. The number of rotatable bonds is 7. The van der Waals surface area contributed by atoms with Gasteiger partial charge in [0, 0.05) is 6.42 Å². The van der Waals surface area contributed by atoms with Crippen molar-refractivity contribution in [3.05, 3.63) is 35.4 Å². The Morgan fingerprint density at radius 3 is 2.52 bits per heavy atom. The summed E-state index contributed by atoms with van der Waals surface area (Å²) in [5, 5.41) is 12.3. The summed E-state index contributed by atoms with van der Waals surface area (Å²) in [7, 11) is 0. The fourth-order valence-electron chi connectivity index (χ4n) is 2.12. The molecule has 0 aliphatic heterocycles. The van der Waals surface area contributed by atoms with Gasteiger partial charge in [-0.05, 0) is 24.8 Å². The standard InChI is InChI=1S/C16H24N2O3/c1-10(2)7-14(19)16(21)18-13(15(17)20)9-12-6-4-5-11(3)8-12/h4-6,8,10,13-14,19H,7,9H2,1-3H3,(H2,17,20)(H,18,21)/t13-,14+/m1/s1. The second kappa shape index (κ2) is 7.78. The zero-order valence-electron chi connectivity index (χ0n) is 12.8. The first-order chi connectivity index (χ1) is 9.79. The van der Waals surface area contributed by atoms with E-state index in [9.17, 15) is 14.7 Å². The van der Waals surface area contributed by atoms with Crippen LogP contribution in [0.15, 0.2) is 24.3 Å². The highest BCUT2D eigenvalue weighted by molar-refractivity contribution is 5.88. The minimum absolute atomic E-state index is 0.189. The van der Waals surface area contributed by atoms with Crippen LogP contribution in [0.4, 0.5) is 0 Å². The van der Waals surface area contributed by atoms with Gasteiger partial charge < -0.3 is 16.2 Å². The summed E-state index contributed by atoms with van der Waals surface area (Å²) in [5.41, 5.74) is 7.32. The number of carbonyl (C=O) groups excluding carboxylic acids is 2. The normalized spacial score (nSPS) is 13.8. The van der Waals surface area contributed by atoms with Crippen molar-refractivity contribution in [2.75, 3.05) is 0 Å². The van der Waals surface area contributed by atoms with Crippen molar-refractivity contribution < 1.29 is 14.7 Å². The number of benzene rings is 1. The van der Waals surface area contributed by atoms with Crippen LogP contribution in [0.2, 0.25) is 0 Å². The van der Waals surface area contributed by atoms with E-state index in [1.54, 1.807) is 0 Å². The molecule has 4 N–H and O–H groups in total. The number of aliphatic hydroxyl groups is 1. The smallest absolute Gasteiger partial charge is 0.249 e. The van der Waals surface area contributed by atoms with E-state index in [0.717, 1.165) is 11.1 Å². The zero-order valence-corrected chi connectivity index (χ0v) is 12.8. The van der Waals surface area contributed by atoms with Crippen LogP contribution in [0, 0.1) is 12.8 Å². The number of hydrogen-bond acceptors (Lipinski definition) is 3.